The minimum absolute atomic E-state index is 0.114. The number of anilines is 1. The first-order valence-electron chi connectivity index (χ1n) is 11.8. The van der Waals surface area contributed by atoms with E-state index in [-0.39, 0.29) is 6.61 Å². The van der Waals surface area contributed by atoms with Crippen LogP contribution in [0, 0.1) is 0 Å². The summed E-state index contributed by atoms with van der Waals surface area (Å²) in [5, 5.41) is 5.64. The maximum Gasteiger partial charge on any atom is 0.410 e. The predicted molar refractivity (Wildman–Crippen MR) is 137 cm³/mol. The van der Waals surface area contributed by atoms with E-state index >= 15 is 0 Å². The number of amides is 3. The fourth-order valence-corrected chi connectivity index (χ4v) is 3.90. The number of rotatable bonds is 9. The lowest BCUT2D eigenvalue weighted by Gasteiger charge is -2.39. The van der Waals surface area contributed by atoms with Crippen molar-refractivity contribution in [2.24, 2.45) is 0 Å². The SMILES string of the molecule is COc1ccc(NC(=O)[C@@H](NC(=O)[C@@H]2CCN2C(=O)OCc2ccccc2)c2ccc(OC)cc2)cc1. The number of nitrogens with zero attached hydrogens (tertiary/aromatic N) is 1. The number of carbonyl (C=O) groups is 3. The molecule has 4 rings (SSSR count). The van der Waals surface area contributed by atoms with E-state index in [0.717, 1.165) is 5.56 Å². The average Bonchev–Trinajstić information content (AvgIpc) is 2.91. The Hall–Kier alpha value is -4.53. The first-order chi connectivity index (χ1) is 18.0. The topological polar surface area (TPSA) is 106 Å². The Morgan fingerprint density at radius 2 is 1.51 bits per heavy atom. The van der Waals surface area contributed by atoms with Gasteiger partial charge in [-0.1, -0.05) is 42.5 Å². The second-order valence-corrected chi connectivity index (χ2v) is 8.47. The van der Waals surface area contributed by atoms with Gasteiger partial charge in [-0.15, -0.1) is 0 Å². The number of methoxy groups -OCH3 is 2. The van der Waals surface area contributed by atoms with E-state index in [1.54, 1.807) is 62.8 Å². The molecule has 0 radical (unpaired) electrons. The van der Waals surface area contributed by atoms with Crippen molar-refractivity contribution in [2.75, 3.05) is 26.1 Å². The van der Waals surface area contributed by atoms with Crippen LogP contribution in [0.3, 0.4) is 0 Å². The van der Waals surface area contributed by atoms with Crippen LogP contribution in [0.4, 0.5) is 10.5 Å². The van der Waals surface area contributed by atoms with Gasteiger partial charge in [0.2, 0.25) is 5.91 Å². The molecule has 1 fully saturated rings. The van der Waals surface area contributed by atoms with E-state index in [1.165, 1.54) is 4.90 Å². The first-order valence-corrected chi connectivity index (χ1v) is 11.8. The molecule has 192 valence electrons. The van der Waals surface area contributed by atoms with Crippen molar-refractivity contribution in [1.29, 1.82) is 0 Å². The van der Waals surface area contributed by atoms with Gasteiger partial charge in [-0.2, -0.15) is 0 Å². The lowest BCUT2D eigenvalue weighted by Crippen LogP contribution is -2.59. The molecule has 3 amide bonds. The fraction of sp³-hybridized carbons (Fsp3) is 0.250. The molecule has 2 N–H and O–H groups in total. The molecule has 0 saturated carbocycles. The molecule has 1 heterocycles. The number of nitrogens with one attached hydrogen (secondary N) is 2. The van der Waals surface area contributed by atoms with Crippen molar-refractivity contribution in [3.8, 4) is 11.5 Å². The van der Waals surface area contributed by atoms with Crippen LogP contribution in [0.2, 0.25) is 0 Å². The molecule has 9 heteroatoms. The summed E-state index contributed by atoms with van der Waals surface area (Å²) in [5.41, 5.74) is 1.97. The zero-order chi connectivity index (χ0) is 26.2. The van der Waals surface area contributed by atoms with Gasteiger partial charge in [0.1, 0.15) is 30.2 Å². The molecule has 0 aliphatic carbocycles. The molecule has 3 aromatic carbocycles. The Labute approximate surface area is 215 Å². The number of carbonyl (C=O) groups excluding carboxylic acids is 3. The highest BCUT2D eigenvalue weighted by molar-refractivity contribution is 5.99. The van der Waals surface area contributed by atoms with Crippen LogP contribution in [0.1, 0.15) is 23.6 Å². The van der Waals surface area contributed by atoms with Crippen molar-refractivity contribution in [3.05, 3.63) is 90.0 Å². The van der Waals surface area contributed by atoms with E-state index in [9.17, 15) is 14.4 Å². The molecule has 0 spiro atoms. The number of hydrogen-bond donors (Lipinski definition) is 2. The standard InChI is InChI=1S/C28H29N3O6/c1-35-22-12-8-20(9-13-22)25(27(33)29-21-10-14-23(36-2)15-11-21)30-26(32)24-16-17-31(24)28(34)37-18-19-6-4-3-5-7-19/h3-15,24-25H,16-18H2,1-2H3,(H,29,33)(H,30,32)/t24-,25-/m0/s1. The summed E-state index contributed by atoms with van der Waals surface area (Å²) in [6.07, 6.45) is -0.0965. The Morgan fingerprint density at radius 1 is 0.892 bits per heavy atom. The zero-order valence-electron chi connectivity index (χ0n) is 20.7. The van der Waals surface area contributed by atoms with Gasteiger partial charge < -0.3 is 24.8 Å². The van der Waals surface area contributed by atoms with Crippen molar-refractivity contribution in [2.45, 2.75) is 25.1 Å². The number of ether oxygens (including phenoxy) is 3. The van der Waals surface area contributed by atoms with Gasteiger partial charge in [0.15, 0.2) is 0 Å². The zero-order valence-corrected chi connectivity index (χ0v) is 20.7. The van der Waals surface area contributed by atoms with E-state index in [0.29, 0.717) is 35.7 Å². The third-order valence-corrected chi connectivity index (χ3v) is 6.12. The van der Waals surface area contributed by atoms with Crippen LogP contribution in [-0.4, -0.2) is 49.6 Å². The second kappa shape index (κ2) is 11.9. The van der Waals surface area contributed by atoms with Crippen LogP contribution in [-0.2, 0) is 20.9 Å². The van der Waals surface area contributed by atoms with Crippen molar-refractivity contribution < 1.29 is 28.6 Å². The molecule has 1 aliphatic heterocycles. The summed E-state index contributed by atoms with van der Waals surface area (Å²) in [6, 6.07) is 21.3. The van der Waals surface area contributed by atoms with Gasteiger partial charge in [-0.05, 0) is 53.9 Å². The second-order valence-electron chi connectivity index (χ2n) is 8.47. The lowest BCUT2D eigenvalue weighted by atomic mass is 10.0. The van der Waals surface area contributed by atoms with Crippen LogP contribution >= 0.6 is 0 Å². The van der Waals surface area contributed by atoms with Gasteiger partial charge in [-0.25, -0.2) is 4.79 Å². The molecular weight excluding hydrogens is 474 g/mol. The van der Waals surface area contributed by atoms with Gasteiger partial charge >= 0.3 is 6.09 Å². The highest BCUT2D eigenvalue weighted by Gasteiger charge is 2.40. The van der Waals surface area contributed by atoms with Crippen molar-refractivity contribution >= 4 is 23.6 Å². The largest absolute Gasteiger partial charge is 0.497 e. The van der Waals surface area contributed by atoms with E-state index < -0.39 is 30.0 Å². The monoisotopic (exact) mass is 503 g/mol. The normalized spacial score (nSPS) is 15.1. The van der Waals surface area contributed by atoms with Gasteiger partial charge in [0, 0.05) is 12.2 Å². The van der Waals surface area contributed by atoms with Crippen LogP contribution in [0.15, 0.2) is 78.9 Å². The van der Waals surface area contributed by atoms with Gasteiger partial charge in [-0.3, -0.25) is 14.5 Å². The molecule has 9 nitrogen and oxygen atoms in total. The van der Waals surface area contributed by atoms with Crippen LogP contribution in [0.25, 0.3) is 0 Å². The minimum Gasteiger partial charge on any atom is -0.497 e. The average molecular weight is 504 g/mol. The molecule has 0 aromatic heterocycles. The Kier molecular flexibility index (Phi) is 8.25. The molecule has 0 unspecified atom stereocenters. The summed E-state index contributed by atoms with van der Waals surface area (Å²) in [6.45, 7) is 0.514. The smallest absolute Gasteiger partial charge is 0.410 e. The Bertz CT molecular complexity index is 1210. The number of benzene rings is 3. The maximum absolute atomic E-state index is 13.3. The quantitative estimate of drug-likeness (QED) is 0.459. The molecule has 2 atom stereocenters. The fourth-order valence-electron chi connectivity index (χ4n) is 3.90. The van der Waals surface area contributed by atoms with E-state index in [1.807, 2.05) is 30.3 Å². The molecule has 0 bridgehead atoms. The van der Waals surface area contributed by atoms with Crippen LogP contribution < -0.4 is 20.1 Å². The molecule has 3 aromatic rings. The third kappa shape index (κ3) is 6.38. The van der Waals surface area contributed by atoms with Crippen LogP contribution in [0.5, 0.6) is 11.5 Å². The molecular formula is C28H29N3O6. The molecule has 37 heavy (non-hydrogen) atoms. The summed E-state index contributed by atoms with van der Waals surface area (Å²) < 4.78 is 15.7. The Balaban J connectivity index is 1.44. The molecule has 1 aliphatic rings. The minimum atomic E-state index is -0.997. The highest BCUT2D eigenvalue weighted by Crippen LogP contribution is 2.24. The highest BCUT2D eigenvalue weighted by atomic mass is 16.6. The summed E-state index contributed by atoms with van der Waals surface area (Å²) in [5.74, 6) is 0.410. The van der Waals surface area contributed by atoms with Gasteiger partial charge in [0.25, 0.3) is 5.91 Å². The summed E-state index contributed by atoms with van der Waals surface area (Å²) >= 11 is 0. The lowest BCUT2D eigenvalue weighted by molar-refractivity contribution is -0.133. The van der Waals surface area contributed by atoms with E-state index in [4.69, 9.17) is 14.2 Å². The van der Waals surface area contributed by atoms with Crippen molar-refractivity contribution in [1.82, 2.24) is 10.2 Å². The third-order valence-electron chi connectivity index (χ3n) is 6.12. The summed E-state index contributed by atoms with van der Waals surface area (Å²) in [7, 11) is 3.11. The first kappa shape index (κ1) is 25.6. The summed E-state index contributed by atoms with van der Waals surface area (Å²) in [4.78, 5) is 40.4. The van der Waals surface area contributed by atoms with Gasteiger partial charge in [0.05, 0.1) is 14.2 Å². The predicted octanol–water partition coefficient (Wildman–Crippen LogP) is 3.91. The molecule has 1 saturated heterocycles. The van der Waals surface area contributed by atoms with Crippen molar-refractivity contribution in [3.63, 3.8) is 0 Å². The number of likely N-dealkylation sites (tertiary alicyclic amines) is 1. The van der Waals surface area contributed by atoms with E-state index in [2.05, 4.69) is 10.6 Å². The maximum atomic E-state index is 13.3. The number of hydrogen-bond acceptors (Lipinski definition) is 6. The Morgan fingerprint density at radius 3 is 2.08 bits per heavy atom.